The summed E-state index contributed by atoms with van der Waals surface area (Å²) in [5, 5.41) is 7.96. The molecule has 0 aromatic heterocycles. The first-order valence-electron chi connectivity index (χ1n) is 10.6. The summed E-state index contributed by atoms with van der Waals surface area (Å²) < 4.78 is 0. The molecule has 0 bridgehead atoms. The zero-order chi connectivity index (χ0) is 19.5. The van der Waals surface area contributed by atoms with Gasteiger partial charge in [-0.3, -0.25) is 0 Å². The standard InChI is InChI=1S/C29H23/c1-3-18(2)27-17-22-12-13-24-26(29(22)25-10-6-9-23(25)27)14-11-21-15-19-7-4-5-8-20(19)16-28(21)24/h4-18H,3H2,1-2H3. The van der Waals surface area contributed by atoms with Gasteiger partial charge in [0.15, 0.2) is 0 Å². The molecule has 0 aliphatic heterocycles. The Hall–Kier alpha value is -3.12. The fraction of sp³-hybridized carbons (Fsp3) is 0.138. The minimum absolute atomic E-state index is 0.572. The molecule has 6 rings (SSSR count). The van der Waals surface area contributed by atoms with Gasteiger partial charge in [-0.2, -0.15) is 0 Å². The van der Waals surface area contributed by atoms with Crippen molar-refractivity contribution in [2.45, 2.75) is 20.3 Å². The number of allylic oxidation sites excluding steroid dienone is 5. The van der Waals surface area contributed by atoms with Crippen LogP contribution in [0.1, 0.15) is 31.4 Å². The highest BCUT2D eigenvalue weighted by Crippen LogP contribution is 2.47. The summed E-state index contributed by atoms with van der Waals surface area (Å²) in [6.07, 6.45) is 10.4. The summed E-state index contributed by atoms with van der Waals surface area (Å²) in [6.45, 7) is 4.62. The van der Waals surface area contributed by atoms with E-state index in [9.17, 15) is 0 Å². The molecule has 0 spiro atoms. The molecular weight excluding hydrogens is 348 g/mol. The second kappa shape index (κ2) is 6.19. The van der Waals surface area contributed by atoms with Gasteiger partial charge in [-0.05, 0) is 79.1 Å². The maximum Gasteiger partial charge on any atom is 0.0572 e. The van der Waals surface area contributed by atoms with Crippen molar-refractivity contribution in [2.75, 3.05) is 0 Å². The zero-order valence-corrected chi connectivity index (χ0v) is 16.9. The van der Waals surface area contributed by atoms with Crippen LogP contribution in [0.25, 0.3) is 38.4 Å². The Kier molecular flexibility index (Phi) is 3.59. The summed E-state index contributed by atoms with van der Waals surface area (Å²) in [7, 11) is 0. The molecule has 1 unspecified atom stereocenters. The van der Waals surface area contributed by atoms with Gasteiger partial charge >= 0.3 is 0 Å². The average molecular weight is 372 g/mol. The Morgan fingerprint density at radius 2 is 1.59 bits per heavy atom. The van der Waals surface area contributed by atoms with E-state index < -0.39 is 0 Å². The monoisotopic (exact) mass is 371 g/mol. The minimum atomic E-state index is 0.572. The third kappa shape index (κ3) is 2.39. The van der Waals surface area contributed by atoms with Crippen molar-refractivity contribution in [3.8, 4) is 0 Å². The molecule has 1 atom stereocenters. The second-order valence-corrected chi connectivity index (χ2v) is 8.37. The van der Waals surface area contributed by atoms with E-state index >= 15 is 0 Å². The van der Waals surface area contributed by atoms with Gasteiger partial charge in [-0.1, -0.05) is 86.7 Å². The highest BCUT2D eigenvalue weighted by Gasteiger charge is 2.30. The van der Waals surface area contributed by atoms with Gasteiger partial charge in [0.05, 0.1) is 5.92 Å². The van der Waals surface area contributed by atoms with E-state index in [2.05, 4.69) is 98.8 Å². The van der Waals surface area contributed by atoms with Crippen molar-refractivity contribution in [2.24, 2.45) is 5.92 Å². The smallest absolute Gasteiger partial charge is 0.0572 e. The molecule has 4 aromatic rings. The molecule has 0 nitrogen and oxygen atoms in total. The maximum atomic E-state index is 2.43. The molecule has 0 amide bonds. The highest BCUT2D eigenvalue weighted by atomic mass is 14.3. The number of benzene rings is 4. The highest BCUT2D eigenvalue weighted by molar-refractivity contribution is 6.14. The van der Waals surface area contributed by atoms with Crippen LogP contribution >= 0.6 is 0 Å². The van der Waals surface area contributed by atoms with Gasteiger partial charge in [0.2, 0.25) is 0 Å². The third-order valence-electron chi connectivity index (χ3n) is 6.77. The molecule has 0 fully saturated rings. The van der Waals surface area contributed by atoms with Crippen molar-refractivity contribution in [1.82, 2.24) is 0 Å². The molecule has 4 aromatic carbocycles. The number of hydrogen-bond acceptors (Lipinski definition) is 0. The maximum absolute atomic E-state index is 2.43. The van der Waals surface area contributed by atoms with Crippen LogP contribution in [0.2, 0.25) is 0 Å². The van der Waals surface area contributed by atoms with Crippen LogP contribution in [0.5, 0.6) is 0 Å². The predicted octanol–water partition coefficient (Wildman–Crippen LogP) is 8.01. The first-order valence-corrected chi connectivity index (χ1v) is 10.6. The Balaban J connectivity index is 1.68. The van der Waals surface area contributed by atoms with E-state index in [0.717, 1.165) is 6.42 Å². The molecule has 0 heterocycles. The van der Waals surface area contributed by atoms with Crippen molar-refractivity contribution >= 4 is 38.4 Å². The van der Waals surface area contributed by atoms with Gasteiger partial charge < -0.3 is 0 Å². The molecule has 2 aliphatic rings. The summed E-state index contributed by atoms with van der Waals surface area (Å²) in [6, 6.07) is 22.6. The average Bonchev–Trinajstić information content (AvgIpc) is 3.26. The van der Waals surface area contributed by atoms with E-state index in [1.165, 1.54) is 60.5 Å². The number of hydrogen-bond donors (Lipinski definition) is 0. The lowest BCUT2D eigenvalue weighted by Gasteiger charge is -2.29. The van der Waals surface area contributed by atoms with Crippen LogP contribution in [0.15, 0.2) is 90.0 Å². The van der Waals surface area contributed by atoms with E-state index in [0.29, 0.717) is 5.92 Å². The molecule has 29 heavy (non-hydrogen) atoms. The van der Waals surface area contributed by atoms with Gasteiger partial charge in [0, 0.05) is 0 Å². The van der Waals surface area contributed by atoms with Crippen LogP contribution < -0.4 is 0 Å². The summed E-state index contributed by atoms with van der Waals surface area (Å²) in [4.78, 5) is 0. The quantitative estimate of drug-likeness (QED) is 0.247. The summed E-state index contributed by atoms with van der Waals surface area (Å²) >= 11 is 0. The first-order chi connectivity index (χ1) is 14.2. The predicted molar refractivity (Wildman–Crippen MR) is 126 cm³/mol. The molecule has 1 radical (unpaired) electrons. The Bertz CT molecular complexity index is 1390. The van der Waals surface area contributed by atoms with Crippen LogP contribution in [-0.2, 0) is 0 Å². The van der Waals surface area contributed by atoms with Crippen LogP contribution in [0.4, 0.5) is 0 Å². The Morgan fingerprint density at radius 3 is 2.41 bits per heavy atom. The Morgan fingerprint density at radius 1 is 0.793 bits per heavy atom. The molecule has 139 valence electrons. The molecule has 2 aliphatic carbocycles. The van der Waals surface area contributed by atoms with Crippen LogP contribution in [-0.4, -0.2) is 0 Å². The summed E-state index contributed by atoms with van der Waals surface area (Å²) in [5.41, 5.74) is 5.64. The van der Waals surface area contributed by atoms with Gasteiger partial charge in [-0.25, -0.2) is 0 Å². The fourth-order valence-electron chi connectivity index (χ4n) is 5.03. The topological polar surface area (TPSA) is 0 Å². The zero-order valence-electron chi connectivity index (χ0n) is 16.9. The molecule has 0 heteroatoms. The lowest BCUT2D eigenvalue weighted by Crippen LogP contribution is -2.13. The fourth-order valence-corrected chi connectivity index (χ4v) is 5.03. The van der Waals surface area contributed by atoms with Gasteiger partial charge in [0.25, 0.3) is 0 Å². The van der Waals surface area contributed by atoms with Crippen molar-refractivity contribution in [1.29, 1.82) is 0 Å². The number of rotatable bonds is 2. The largest absolute Gasteiger partial charge is 0.0680 e. The van der Waals surface area contributed by atoms with E-state index in [4.69, 9.17) is 0 Å². The summed E-state index contributed by atoms with van der Waals surface area (Å²) in [5.74, 6) is 1.96. The SMILES string of the molecule is CCC(C)C1=Cc2ccc3c(ccc4cc5ccccc5cc43)c2[C]2C=CC=C21. The molecular formula is C29H23. The normalized spacial score (nSPS) is 16.8. The molecule has 0 saturated heterocycles. The van der Waals surface area contributed by atoms with Gasteiger partial charge in [0.1, 0.15) is 0 Å². The van der Waals surface area contributed by atoms with Crippen molar-refractivity contribution in [3.05, 3.63) is 107 Å². The first kappa shape index (κ1) is 16.8. The lowest BCUT2D eigenvalue weighted by atomic mass is 9.74. The van der Waals surface area contributed by atoms with E-state index in [1.807, 2.05) is 0 Å². The van der Waals surface area contributed by atoms with Crippen molar-refractivity contribution < 1.29 is 0 Å². The second-order valence-electron chi connectivity index (χ2n) is 8.37. The number of fused-ring (bicyclic) bond motifs is 8. The molecule has 0 saturated carbocycles. The van der Waals surface area contributed by atoms with Gasteiger partial charge in [-0.15, -0.1) is 0 Å². The van der Waals surface area contributed by atoms with E-state index in [1.54, 1.807) is 0 Å². The molecule has 0 N–H and O–H groups in total. The van der Waals surface area contributed by atoms with E-state index in [-0.39, 0.29) is 0 Å². The van der Waals surface area contributed by atoms with Crippen LogP contribution in [0.3, 0.4) is 0 Å². The van der Waals surface area contributed by atoms with Crippen molar-refractivity contribution in [3.63, 3.8) is 0 Å². The minimum Gasteiger partial charge on any atom is -0.0680 e. The van der Waals surface area contributed by atoms with Crippen LogP contribution in [0, 0.1) is 11.8 Å². The third-order valence-corrected chi connectivity index (χ3v) is 6.77. The lowest BCUT2D eigenvalue weighted by molar-refractivity contribution is 0.665. The Labute approximate surface area is 171 Å².